The van der Waals surface area contributed by atoms with Crippen molar-refractivity contribution < 1.29 is 9.31 Å². The van der Waals surface area contributed by atoms with Gasteiger partial charge in [0.25, 0.3) is 0 Å². The zero-order chi connectivity index (χ0) is 18.4. The van der Waals surface area contributed by atoms with Crippen LogP contribution >= 0.6 is 0 Å². The minimum atomic E-state index is -0.339. The lowest BCUT2D eigenvalue weighted by Gasteiger charge is -2.33. The Balaban J connectivity index is 1.79. The highest BCUT2D eigenvalue weighted by molar-refractivity contribution is 6.64. The van der Waals surface area contributed by atoms with Gasteiger partial charge in [-0.25, -0.2) is 0 Å². The van der Waals surface area contributed by atoms with E-state index in [0.29, 0.717) is 13.2 Å². The molecule has 134 valence electrons. The molecule has 1 aliphatic heterocycles. The topological polar surface area (TPSA) is 23.4 Å². The summed E-state index contributed by atoms with van der Waals surface area (Å²) in [6.45, 7) is 5.73. The second-order valence-electron chi connectivity index (χ2n) is 8.05. The normalized spacial score (nSPS) is 16.9. The quantitative estimate of drug-likeness (QED) is 0.493. The maximum absolute atomic E-state index is 6.14. The molecule has 1 saturated heterocycles. The van der Waals surface area contributed by atoms with E-state index >= 15 is 0 Å². The van der Waals surface area contributed by atoms with Crippen molar-refractivity contribution in [1.82, 2.24) is 4.57 Å². The van der Waals surface area contributed by atoms with Gasteiger partial charge in [0.15, 0.2) is 0 Å². The maximum atomic E-state index is 6.14. The first-order valence-corrected chi connectivity index (χ1v) is 9.45. The monoisotopic (exact) mass is 355 g/mol. The summed E-state index contributed by atoms with van der Waals surface area (Å²) in [5.41, 5.74) is 4.64. The number of fused-ring (bicyclic) bond motifs is 3. The van der Waals surface area contributed by atoms with Gasteiger partial charge in [-0.1, -0.05) is 68.4 Å². The lowest BCUT2D eigenvalue weighted by Crippen LogP contribution is -2.47. The molecule has 27 heavy (non-hydrogen) atoms. The van der Waals surface area contributed by atoms with Crippen LogP contribution in [-0.2, 0) is 9.31 Å². The molecule has 2 heterocycles. The van der Waals surface area contributed by atoms with Gasteiger partial charge < -0.3 is 13.9 Å². The molecule has 4 aromatic rings. The minimum Gasteiger partial charge on any atom is -0.407 e. The van der Waals surface area contributed by atoms with Crippen molar-refractivity contribution in [3.05, 3.63) is 72.8 Å². The van der Waals surface area contributed by atoms with Crippen molar-refractivity contribution in [2.45, 2.75) is 13.8 Å². The van der Waals surface area contributed by atoms with Crippen LogP contribution in [0.3, 0.4) is 0 Å². The summed E-state index contributed by atoms with van der Waals surface area (Å²) in [5.74, 6) is 0. The van der Waals surface area contributed by atoms with Gasteiger partial charge in [0.2, 0.25) is 0 Å². The molecule has 0 spiro atoms. The molecular weight excluding hydrogens is 333 g/mol. The molecule has 5 rings (SSSR count). The van der Waals surface area contributed by atoms with Crippen LogP contribution in [0.5, 0.6) is 0 Å². The third-order valence-corrected chi connectivity index (χ3v) is 5.25. The number of aromatic nitrogens is 1. The Morgan fingerprint density at radius 2 is 1.44 bits per heavy atom. The van der Waals surface area contributed by atoms with Crippen molar-refractivity contribution in [2.24, 2.45) is 5.41 Å². The molecule has 1 fully saturated rings. The molecule has 0 atom stereocenters. The summed E-state index contributed by atoms with van der Waals surface area (Å²) in [7, 11) is -0.339. The molecule has 1 aliphatic rings. The van der Waals surface area contributed by atoms with E-state index < -0.39 is 0 Å². The van der Waals surface area contributed by atoms with E-state index in [2.05, 4.69) is 85.1 Å². The fourth-order valence-corrected chi connectivity index (χ4v) is 3.95. The highest BCUT2D eigenvalue weighted by Crippen LogP contribution is 2.32. The number of rotatable bonds is 2. The van der Waals surface area contributed by atoms with E-state index in [-0.39, 0.29) is 12.5 Å². The molecule has 0 N–H and O–H groups in total. The smallest absolute Gasteiger partial charge is 0.407 e. The summed E-state index contributed by atoms with van der Waals surface area (Å²) in [6.07, 6.45) is 0. The minimum absolute atomic E-state index is 0.0521. The second kappa shape index (κ2) is 6.26. The fourth-order valence-electron chi connectivity index (χ4n) is 3.95. The maximum Gasteiger partial charge on any atom is 0.496 e. The van der Waals surface area contributed by atoms with Crippen molar-refractivity contribution in [2.75, 3.05) is 13.2 Å². The van der Waals surface area contributed by atoms with E-state index in [0.717, 1.165) is 16.7 Å². The molecule has 0 radical (unpaired) electrons. The van der Waals surface area contributed by atoms with Crippen LogP contribution in [0.4, 0.5) is 0 Å². The Morgan fingerprint density at radius 1 is 0.778 bits per heavy atom. The molecule has 0 saturated carbocycles. The van der Waals surface area contributed by atoms with Gasteiger partial charge in [-0.3, -0.25) is 0 Å². The van der Waals surface area contributed by atoms with Crippen LogP contribution in [0.1, 0.15) is 13.8 Å². The number of hydrogen-bond donors (Lipinski definition) is 0. The van der Waals surface area contributed by atoms with E-state index in [4.69, 9.17) is 9.31 Å². The summed E-state index contributed by atoms with van der Waals surface area (Å²) < 4.78 is 14.6. The number of para-hydroxylation sites is 3. The first-order valence-electron chi connectivity index (χ1n) is 9.45. The Bertz CT molecular complexity index is 1110. The van der Waals surface area contributed by atoms with Gasteiger partial charge in [-0.2, -0.15) is 0 Å². The van der Waals surface area contributed by atoms with Crippen molar-refractivity contribution in [3.63, 3.8) is 0 Å². The Morgan fingerprint density at radius 3 is 2.22 bits per heavy atom. The first kappa shape index (κ1) is 16.6. The van der Waals surface area contributed by atoms with Crippen molar-refractivity contribution >= 4 is 34.4 Å². The highest BCUT2D eigenvalue weighted by Gasteiger charge is 2.35. The number of nitrogens with zero attached hydrogens (tertiary/aromatic N) is 1. The lowest BCUT2D eigenvalue weighted by molar-refractivity contribution is 0.0344. The van der Waals surface area contributed by atoms with Gasteiger partial charge >= 0.3 is 7.12 Å². The Labute approximate surface area is 159 Å². The van der Waals surface area contributed by atoms with Crippen LogP contribution in [0.15, 0.2) is 72.8 Å². The van der Waals surface area contributed by atoms with Gasteiger partial charge in [0, 0.05) is 40.6 Å². The molecule has 4 heteroatoms. The van der Waals surface area contributed by atoms with Crippen molar-refractivity contribution in [3.8, 4) is 5.69 Å². The summed E-state index contributed by atoms with van der Waals surface area (Å²) in [5, 5.41) is 2.47. The van der Waals surface area contributed by atoms with E-state index in [1.165, 1.54) is 16.3 Å². The molecule has 0 amide bonds. The Kier molecular flexibility index (Phi) is 3.85. The predicted molar refractivity (Wildman–Crippen MR) is 112 cm³/mol. The summed E-state index contributed by atoms with van der Waals surface area (Å²) in [6, 6.07) is 25.5. The average molecular weight is 355 g/mol. The van der Waals surface area contributed by atoms with E-state index in [1.807, 2.05) is 6.07 Å². The fraction of sp³-hybridized carbons (Fsp3) is 0.217. The van der Waals surface area contributed by atoms with Crippen LogP contribution in [0.25, 0.3) is 27.5 Å². The van der Waals surface area contributed by atoms with E-state index in [9.17, 15) is 0 Å². The first-order chi connectivity index (χ1) is 13.1. The van der Waals surface area contributed by atoms with E-state index in [1.54, 1.807) is 0 Å². The third kappa shape index (κ3) is 2.77. The van der Waals surface area contributed by atoms with Crippen LogP contribution in [0.2, 0.25) is 0 Å². The van der Waals surface area contributed by atoms with Gasteiger partial charge in [-0.15, -0.1) is 0 Å². The molecule has 0 bridgehead atoms. The van der Waals surface area contributed by atoms with Crippen LogP contribution in [0, 0.1) is 5.41 Å². The Hall–Kier alpha value is -2.56. The summed E-state index contributed by atoms with van der Waals surface area (Å²) in [4.78, 5) is 0. The number of benzene rings is 3. The summed E-state index contributed by atoms with van der Waals surface area (Å²) >= 11 is 0. The number of hydrogen-bond acceptors (Lipinski definition) is 2. The lowest BCUT2D eigenvalue weighted by atomic mass is 9.75. The molecular formula is C23H22BNO2. The largest absolute Gasteiger partial charge is 0.496 e. The highest BCUT2D eigenvalue weighted by atomic mass is 16.6. The third-order valence-electron chi connectivity index (χ3n) is 5.25. The SMILES string of the molecule is CC1(C)COB(c2cccc3c4ccccc4n(-c4ccccc4)c23)OC1. The van der Waals surface area contributed by atoms with Crippen molar-refractivity contribution in [1.29, 1.82) is 0 Å². The average Bonchev–Trinajstić information content (AvgIpc) is 3.03. The molecule has 0 unspecified atom stereocenters. The molecule has 1 aromatic heterocycles. The zero-order valence-electron chi connectivity index (χ0n) is 15.7. The molecule has 3 nitrogen and oxygen atoms in total. The molecule has 3 aromatic carbocycles. The molecule has 0 aliphatic carbocycles. The predicted octanol–water partition coefficient (Wildman–Crippen LogP) is 4.55. The van der Waals surface area contributed by atoms with Crippen LogP contribution in [-0.4, -0.2) is 24.9 Å². The standard InChI is InChI=1S/C23H22BNO2/c1-23(2)15-26-24(27-16-23)20-13-8-12-19-18-11-6-7-14-21(18)25(22(19)20)17-9-4-3-5-10-17/h3-14H,15-16H2,1-2H3. The van der Waals surface area contributed by atoms with Gasteiger partial charge in [0.05, 0.1) is 11.0 Å². The second-order valence-corrected chi connectivity index (χ2v) is 8.05. The van der Waals surface area contributed by atoms with Gasteiger partial charge in [-0.05, 0) is 18.2 Å². The van der Waals surface area contributed by atoms with Crippen LogP contribution < -0.4 is 5.46 Å². The van der Waals surface area contributed by atoms with Gasteiger partial charge in [0.1, 0.15) is 0 Å². The zero-order valence-corrected chi connectivity index (χ0v) is 15.7.